The molecule has 0 aliphatic heterocycles. The molecule has 1 amide bonds. The Kier molecular flexibility index (Phi) is 5.13. The van der Waals surface area contributed by atoms with Crippen molar-refractivity contribution in [2.75, 3.05) is 5.32 Å². The van der Waals surface area contributed by atoms with Crippen LogP contribution < -0.4 is 11.0 Å². The molecule has 3 aromatic rings. The minimum Gasteiger partial charge on any atom is -0.593 e. The van der Waals surface area contributed by atoms with E-state index in [0.717, 1.165) is 48.1 Å². The number of imidazole rings is 1. The summed E-state index contributed by atoms with van der Waals surface area (Å²) in [6.07, 6.45) is 5.17. The zero-order valence-electron chi connectivity index (χ0n) is 16.8. The van der Waals surface area contributed by atoms with Gasteiger partial charge in [0.1, 0.15) is 0 Å². The van der Waals surface area contributed by atoms with Gasteiger partial charge in [0.15, 0.2) is 0 Å². The summed E-state index contributed by atoms with van der Waals surface area (Å²) in [5.74, 6) is 0.836. The number of nitrogens with zero attached hydrogens (tertiary/aromatic N) is 3. The Labute approximate surface area is 169 Å². The molecular weight excluding hydrogens is 368 g/mol. The summed E-state index contributed by atoms with van der Waals surface area (Å²) in [6, 6.07) is 8.98. The number of rotatable bonds is 4. The fraction of sp³-hybridized carbons (Fsp3) is 0.409. The molecule has 0 atom stereocenters. The maximum Gasteiger partial charge on any atom is 0.328 e. The molecule has 0 radical (unpaired) electrons. The van der Waals surface area contributed by atoms with Crippen molar-refractivity contribution >= 4 is 22.6 Å². The van der Waals surface area contributed by atoms with Gasteiger partial charge in [-0.25, -0.2) is 4.79 Å². The molecule has 29 heavy (non-hydrogen) atoms. The molecule has 0 spiro atoms. The van der Waals surface area contributed by atoms with E-state index in [1.165, 1.54) is 0 Å². The number of hydrogen-bond donors (Lipinski definition) is 1. The molecule has 0 bridgehead atoms. The van der Waals surface area contributed by atoms with Crippen molar-refractivity contribution in [3.8, 4) is 5.75 Å². The number of pyridine rings is 1. The van der Waals surface area contributed by atoms with Crippen LogP contribution in [-0.2, 0) is 18.4 Å². The standard InChI is InChI=1S/C22H26N4O3/c1-14-11-17(9-10-23-14)24-21(28)16-5-3-15(4-6-16)13-26-20-12-18(27)7-8-19(20)25(2)22(26)29/h7-12,15-16,27H,3-6,13H2,1-2H3,(H,23,24,28)/p+1. The number of hydrogen-bond acceptors (Lipinski definition) is 3. The SMILES string of the molecule is Cc1cc(NC(=O)C2CCC(Cn3c(=O)n(C)c4ccc([OH2+])cc43)CC2)ccn1. The molecule has 1 aliphatic rings. The van der Waals surface area contributed by atoms with Crippen LogP contribution >= 0.6 is 0 Å². The molecule has 7 heteroatoms. The minimum atomic E-state index is -0.0430. The highest BCUT2D eigenvalue weighted by molar-refractivity contribution is 5.92. The predicted molar refractivity (Wildman–Crippen MR) is 113 cm³/mol. The Balaban J connectivity index is 1.41. The molecule has 152 valence electrons. The van der Waals surface area contributed by atoms with Crippen LogP contribution in [0.4, 0.5) is 5.69 Å². The van der Waals surface area contributed by atoms with Crippen LogP contribution in [0, 0.1) is 18.8 Å². The van der Waals surface area contributed by atoms with E-state index in [1.54, 1.807) is 34.5 Å². The van der Waals surface area contributed by atoms with Gasteiger partial charge in [-0.2, -0.15) is 0 Å². The highest BCUT2D eigenvalue weighted by atomic mass is 16.3. The number of nitrogens with one attached hydrogen (secondary N) is 1. The number of aromatic nitrogens is 3. The Morgan fingerprint density at radius 3 is 2.66 bits per heavy atom. The molecular formula is C22H27N4O3+. The van der Waals surface area contributed by atoms with Crippen LogP contribution in [0.15, 0.2) is 41.3 Å². The molecule has 0 unspecified atom stereocenters. The number of carbonyl (C=O) groups excluding carboxylic acids is 1. The molecule has 2 heterocycles. The summed E-state index contributed by atoms with van der Waals surface area (Å²) in [6.45, 7) is 2.54. The van der Waals surface area contributed by atoms with E-state index in [4.69, 9.17) is 5.11 Å². The van der Waals surface area contributed by atoms with Crippen molar-refractivity contribution in [1.29, 1.82) is 0 Å². The third-order valence-corrected chi connectivity index (χ3v) is 5.97. The van der Waals surface area contributed by atoms with Crippen molar-refractivity contribution in [3.05, 3.63) is 52.7 Å². The first-order valence-corrected chi connectivity index (χ1v) is 10.1. The van der Waals surface area contributed by atoms with Gasteiger partial charge in [0.05, 0.1) is 17.1 Å². The van der Waals surface area contributed by atoms with Crippen molar-refractivity contribution in [1.82, 2.24) is 14.1 Å². The zero-order chi connectivity index (χ0) is 20.5. The molecule has 3 N–H and O–H groups in total. The van der Waals surface area contributed by atoms with E-state index in [0.29, 0.717) is 18.2 Å². The second-order valence-electron chi connectivity index (χ2n) is 8.05. The maximum absolute atomic E-state index is 12.7. The molecule has 1 fully saturated rings. The lowest BCUT2D eigenvalue weighted by atomic mass is 9.81. The molecule has 4 rings (SSSR count). The fourth-order valence-corrected chi connectivity index (χ4v) is 4.32. The number of fused-ring (bicyclic) bond motifs is 1. The highest BCUT2D eigenvalue weighted by Crippen LogP contribution is 2.31. The van der Waals surface area contributed by atoms with E-state index < -0.39 is 0 Å². The van der Waals surface area contributed by atoms with Gasteiger partial charge in [-0.3, -0.25) is 18.9 Å². The third kappa shape index (κ3) is 3.90. The summed E-state index contributed by atoms with van der Waals surface area (Å²) in [5.41, 5.74) is 3.30. The summed E-state index contributed by atoms with van der Waals surface area (Å²) in [4.78, 5) is 29.4. The first-order valence-electron chi connectivity index (χ1n) is 10.1. The molecule has 0 saturated heterocycles. The fourth-order valence-electron chi connectivity index (χ4n) is 4.32. The van der Waals surface area contributed by atoms with Gasteiger partial charge in [-0.05, 0) is 56.7 Å². The molecule has 7 nitrogen and oxygen atoms in total. The van der Waals surface area contributed by atoms with Crippen LogP contribution in [0.25, 0.3) is 11.0 Å². The predicted octanol–water partition coefficient (Wildman–Crippen LogP) is 2.93. The normalized spacial score (nSPS) is 19.4. The smallest absolute Gasteiger partial charge is 0.328 e. The summed E-state index contributed by atoms with van der Waals surface area (Å²) in [5, 5.41) is 10.9. The maximum atomic E-state index is 12.7. The Morgan fingerprint density at radius 1 is 1.17 bits per heavy atom. The second kappa shape index (κ2) is 7.73. The number of carbonyl (C=O) groups is 1. The average Bonchev–Trinajstić information content (AvgIpc) is 2.93. The number of benzene rings is 1. The lowest BCUT2D eigenvalue weighted by molar-refractivity contribution is -0.121. The number of amides is 1. The number of aryl methyl sites for hydroxylation is 2. The monoisotopic (exact) mass is 395 g/mol. The van der Waals surface area contributed by atoms with E-state index in [9.17, 15) is 9.59 Å². The second-order valence-corrected chi connectivity index (χ2v) is 8.05. The topological polar surface area (TPSA) is 91.8 Å². The first kappa shape index (κ1) is 19.2. The summed E-state index contributed by atoms with van der Waals surface area (Å²) in [7, 11) is 1.77. The van der Waals surface area contributed by atoms with Gasteiger partial charge >= 0.3 is 5.69 Å². The van der Waals surface area contributed by atoms with Crippen LogP contribution in [0.3, 0.4) is 0 Å². The van der Waals surface area contributed by atoms with Gasteiger partial charge in [0, 0.05) is 43.2 Å². The molecule has 1 aliphatic carbocycles. The number of anilines is 1. The summed E-state index contributed by atoms with van der Waals surface area (Å²) >= 11 is 0. The van der Waals surface area contributed by atoms with E-state index >= 15 is 0 Å². The van der Waals surface area contributed by atoms with E-state index in [1.807, 2.05) is 25.1 Å². The Hall–Kier alpha value is -3.09. The van der Waals surface area contributed by atoms with Gasteiger partial charge in [0.25, 0.3) is 5.75 Å². The lowest BCUT2D eigenvalue weighted by Gasteiger charge is -2.28. The average molecular weight is 395 g/mol. The Morgan fingerprint density at radius 2 is 1.93 bits per heavy atom. The van der Waals surface area contributed by atoms with Crippen molar-refractivity contribution in [2.24, 2.45) is 18.9 Å². The van der Waals surface area contributed by atoms with Crippen LogP contribution in [-0.4, -0.2) is 25.1 Å². The largest absolute Gasteiger partial charge is 0.593 e. The van der Waals surface area contributed by atoms with Crippen LogP contribution in [0.1, 0.15) is 31.4 Å². The van der Waals surface area contributed by atoms with E-state index in [-0.39, 0.29) is 17.5 Å². The van der Waals surface area contributed by atoms with Gasteiger partial charge in [-0.1, -0.05) is 0 Å². The molecule has 1 aromatic carbocycles. The van der Waals surface area contributed by atoms with E-state index in [2.05, 4.69) is 10.3 Å². The van der Waals surface area contributed by atoms with Gasteiger partial charge in [0.2, 0.25) is 5.91 Å². The molecule has 2 aromatic heterocycles. The highest BCUT2D eigenvalue weighted by Gasteiger charge is 2.27. The lowest BCUT2D eigenvalue weighted by Crippen LogP contribution is -2.30. The minimum absolute atomic E-state index is 0.00352. The van der Waals surface area contributed by atoms with Crippen molar-refractivity contribution < 1.29 is 9.90 Å². The third-order valence-electron chi connectivity index (χ3n) is 5.97. The zero-order valence-corrected chi connectivity index (χ0v) is 16.8. The Bertz CT molecular complexity index is 1110. The van der Waals surface area contributed by atoms with Crippen molar-refractivity contribution in [3.63, 3.8) is 0 Å². The van der Waals surface area contributed by atoms with Crippen molar-refractivity contribution in [2.45, 2.75) is 39.2 Å². The quantitative estimate of drug-likeness (QED) is 0.689. The first-order chi connectivity index (χ1) is 13.9. The van der Waals surface area contributed by atoms with Crippen LogP contribution in [0.2, 0.25) is 0 Å². The molecule has 1 saturated carbocycles. The van der Waals surface area contributed by atoms with Gasteiger partial charge in [-0.15, -0.1) is 0 Å². The summed E-state index contributed by atoms with van der Waals surface area (Å²) < 4.78 is 3.43. The van der Waals surface area contributed by atoms with Crippen LogP contribution in [0.5, 0.6) is 5.75 Å². The van der Waals surface area contributed by atoms with Gasteiger partial charge < -0.3 is 10.4 Å².